The summed E-state index contributed by atoms with van der Waals surface area (Å²) in [6.45, 7) is 6.66. The molecule has 0 radical (unpaired) electrons. The molecule has 1 aliphatic carbocycles. The molecule has 6 heteroatoms. The van der Waals surface area contributed by atoms with E-state index in [0.29, 0.717) is 18.0 Å². The van der Waals surface area contributed by atoms with E-state index in [4.69, 9.17) is 0 Å². The molecular formula is C31H40N2O3S. The fourth-order valence-corrected chi connectivity index (χ4v) is 5.77. The molecule has 37 heavy (non-hydrogen) atoms. The van der Waals surface area contributed by atoms with Crippen LogP contribution in [0.25, 0.3) is 5.57 Å². The lowest BCUT2D eigenvalue weighted by molar-refractivity contribution is 0.203. The van der Waals surface area contributed by atoms with Gasteiger partial charge in [0.2, 0.25) is 10.9 Å². The normalized spacial score (nSPS) is 18.4. The number of rotatable bonds is 11. The van der Waals surface area contributed by atoms with Crippen molar-refractivity contribution in [2.45, 2.75) is 64.3 Å². The highest BCUT2D eigenvalue weighted by molar-refractivity contribution is 7.73. The first-order valence-electron chi connectivity index (χ1n) is 13.5. The Morgan fingerprint density at radius 1 is 1.00 bits per heavy atom. The summed E-state index contributed by atoms with van der Waals surface area (Å²) in [5.74, 6) is 0.612. The van der Waals surface area contributed by atoms with Crippen LogP contribution in [0.15, 0.2) is 77.9 Å². The molecule has 1 saturated heterocycles. The molecular weight excluding hydrogens is 480 g/mol. The number of hydrogen-bond acceptors (Lipinski definition) is 4. The number of benzene rings is 2. The highest BCUT2D eigenvalue weighted by atomic mass is 32.2. The van der Waals surface area contributed by atoms with E-state index >= 15 is 0 Å². The highest BCUT2D eigenvalue weighted by Gasteiger charge is 2.32. The molecule has 2 fully saturated rings. The van der Waals surface area contributed by atoms with Gasteiger partial charge in [-0.05, 0) is 117 Å². The molecule has 0 amide bonds. The quantitative estimate of drug-likeness (QED) is 0.249. The van der Waals surface area contributed by atoms with Gasteiger partial charge < -0.3 is 10.0 Å². The molecule has 5 nitrogen and oxygen atoms in total. The van der Waals surface area contributed by atoms with Crippen LogP contribution in [-0.2, 0) is 10.9 Å². The van der Waals surface area contributed by atoms with Crippen molar-refractivity contribution in [2.24, 2.45) is 0 Å². The predicted octanol–water partition coefficient (Wildman–Crippen LogP) is 6.06. The summed E-state index contributed by atoms with van der Waals surface area (Å²) in [7, 11) is -2.71. The fraction of sp³-hybridized carbons (Fsp3) is 0.419. The molecule has 4 rings (SSSR count). The minimum absolute atomic E-state index is 0.131. The number of hydrogen-bond donors (Lipinski definition) is 3. The SMILES string of the molecule is C\C=C/C=C(C)/C(CCCO)=C(/c1ccc(N[SH](=O)=O)cc1)c1ccc(C2CCN(C3CC3)CC2)cc1. The monoisotopic (exact) mass is 520 g/mol. The number of nitrogens with one attached hydrogen (secondary N) is 1. The van der Waals surface area contributed by atoms with Gasteiger partial charge in [-0.15, -0.1) is 0 Å². The predicted molar refractivity (Wildman–Crippen MR) is 154 cm³/mol. The van der Waals surface area contributed by atoms with Gasteiger partial charge in [0, 0.05) is 18.3 Å². The molecule has 1 aliphatic heterocycles. The van der Waals surface area contributed by atoms with E-state index in [1.807, 2.05) is 31.2 Å². The Labute approximate surface area is 223 Å². The summed E-state index contributed by atoms with van der Waals surface area (Å²) in [5.41, 5.74) is 7.59. The van der Waals surface area contributed by atoms with Crippen molar-refractivity contribution >= 4 is 22.2 Å². The molecule has 1 heterocycles. The van der Waals surface area contributed by atoms with Crippen LogP contribution in [0.3, 0.4) is 0 Å². The number of likely N-dealkylation sites (tertiary alicyclic amines) is 1. The number of piperidine rings is 1. The Hall–Kier alpha value is -2.67. The van der Waals surface area contributed by atoms with Gasteiger partial charge in [-0.2, -0.15) is 0 Å². The fourth-order valence-electron chi connectivity index (χ4n) is 5.41. The van der Waals surface area contributed by atoms with Gasteiger partial charge in [-0.3, -0.25) is 4.72 Å². The van der Waals surface area contributed by atoms with Crippen LogP contribution in [0.4, 0.5) is 5.69 Å². The van der Waals surface area contributed by atoms with Crippen molar-refractivity contribution in [1.29, 1.82) is 0 Å². The number of allylic oxidation sites excluding steroid dienone is 5. The number of thiol groups is 1. The highest BCUT2D eigenvalue weighted by Crippen LogP contribution is 2.37. The van der Waals surface area contributed by atoms with E-state index in [9.17, 15) is 13.5 Å². The third-order valence-corrected chi connectivity index (χ3v) is 8.00. The second-order valence-corrected chi connectivity index (χ2v) is 10.9. The van der Waals surface area contributed by atoms with Crippen LogP contribution < -0.4 is 4.72 Å². The molecule has 2 aromatic carbocycles. The van der Waals surface area contributed by atoms with Crippen LogP contribution in [0, 0.1) is 0 Å². The Bertz CT molecular complexity index is 1190. The van der Waals surface area contributed by atoms with Gasteiger partial charge in [0.05, 0.1) is 0 Å². The molecule has 0 bridgehead atoms. The second-order valence-electron chi connectivity index (χ2n) is 10.2. The summed E-state index contributed by atoms with van der Waals surface area (Å²) in [6.07, 6.45) is 12.8. The largest absolute Gasteiger partial charge is 0.396 e. The van der Waals surface area contributed by atoms with Crippen LogP contribution in [0.2, 0.25) is 0 Å². The van der Waals surface area contributed by atoms with Crippen LogP contribution >= 0.6 is 0 Å². The average Bonchev–Trinajstić information content (AvgIpc) is 3.76. The maximum atomic E-state index is 11.1. The van der Waals surface area contributed by atoms with Gasteiger partial charge in [-0.1, -0.05) is 54.6 Å². The van der Waals surface area contributed by atoms with E-state index in [0.717, 1.165) is 34.7 Å². The third-order valence-electron chi connectivity index (χ3n) is 7.56. The Kier molecular flexibility index (Phi) is 9.78. The minimum Gasteiger partial charge on any atom is -0.396 e. The number of aliphatic hydroxyl groups excluding tert-OH is 1. The van der Waals surface area contributed by atoms with Gasteiger partial charge in [0.15, 0.2) is 0 Å². The zero-order chi connectivity index (χ0) is 26.2. The van der Waals surface area contributed by atoms with Crippen molar-refractivity contribution in [3.8, 4) is 0 Å². The maximum absolute atomic E-state index is 11.1. The van der Waals surface area contributed by atoms with E-state index in [2.05, 4.69) is 46.9 Å². The van der Waals surface area contributed by atoms with Crippen molar-refractivity contribution in [1.82, 2.24) is 4.90 Å². The smallest absolute Gasteiger partial charge is 0.222 e. The lowest BCUT2D eigenvalue weighted by Gasteiger charge is -2.32. The minimum atomic E-state index is -2.71. The van der Waals surface area contributed by atoms with Gasteiger partial charge in [0.1, 0.15) is 0 Å². The zero-order valence-corrected chi connectivity index (χ0v) is 22.9. The molecule has 0 spiro atoms. The first kappa shape index (κ1) is 27.4. The summed E-state index contributed by atoms with van der Waals surface area (Å²) < 4.78 is 24.7. The van der Waals surface area contributed by atoms with Crippen molar-refractivity contribution in [2.75, 3.05) is 24.4 Å². The van der Waals surface area contributed by atoms with Crippen molar-refractivity contribution in [3.05, 3.63) is 94.6 Å². The lowest BCUT2D eigenvalue weighted by Crippen LogP contribution is -2.34. The Morgan fingerprint density at radius 3 is 2.16 bits per heavy atom. The standard InChI is InChI=1S/C31H40N2O3S/c1-3-4-6-23(2)30(7-5-22-34)31(27-12-14-28(15-13-27)32-37(35)36)26-10-8-24(9-11-26)25-18-20-33(21-19-25)29-16-17-29/h3-4,6,8-15,25,29,34,37H,5,7,16-22H2,1-2H3,(H,32,35,36)/b4-3-,23-6+,31-30+. The molecule has 198 valence electrons. The second kappa shape index (κ2) is 13.2. The van der Waals surface area contributed by atoms with Crippen LogP contribution in [-0.4, -0.2) is 44.2 Å². The van der Waals surface area contributed by atoms with Crippen LogP contribution in [0.1, 0.15) is 75.0 Å². The third kappa shape index (κ3) is 7.44. The van der Waals surface area contributed by atoms with Gasteiger partial charge in [0.25, 0.3) is 0 Å². The molecule has 2 aromatic rings. The number of nitrogens with zero attached hydrogens (tertiary/aromatic N) is 1. The van der Waals surface area contributed by atoms with E-state index in [1.165, 1.54) is 49.9 Å². The summed E-state index contributed by atoms with van der Waals surface area (Å²) >= 11 is 0. The zero-order valence-electron chi connectivity index (χ0n) is 22.0. The summed E-state index contributed by atoms with van der Waals surface area (Å²) in [5, 5.41) is 9.63. The maximum Gasteiger partial charge on any atom is 0.222 e. The lowest BCUT2D eigenvalue weighted by atomic mass is 9.85. The molecule has 2 aliphatic rings. The number of anilines is 1. The number of aliphatic hydroxyl groups is 1. The van der Waals surface area contributed by atoms with Crippen molar-refractivity contribution < 1.29 is 13.5 Å². The summed E-state index contributed by atoms with van der Waals surface area (Å²) in [6, 6.07) is 17.5. The van der Waals surface area contributed by atoms with Crippen molar-refractivity contribution in [3.63, 3.8) is 0 Å². The molecule has 0 aromatic heterocycles. The first-order chi connectivity index (χ1) is 18.0. The van der Waals surface area contributed by atoms with Gasteiger partial charge >= 0.3 is 0 Å². The first-order valence-corrected chi connectivity index (χ1v) is 14.7. The van der Waals surface area contributed by atoms with Gasteiger partial charge in [-0.25, -0.2) is 8.42 Å². The molecule has 2 N–H and O–H groups in total. The average molecular weight is 521 g/mol. The molecule has 0 unspecified atom stereocenters. The summed E-state index contributed by atoms with van der Waals surface area (Å²) in [4.78, 5) is 2.67. The Balaban J connectivity index is 1.69. The van der Waals surface area contributed by atoms with E-state index in [1.54, 1.807) is 12.1 Å². The van der Waals surface area contributed by atoms with Crippen LogP contribution in [0.5, 0.6) is 0 Å². The van der Waals surface area contributed by atoms with E-state index in [-0.39, 0.29) is 6.61 Å². The molecule has 1 saturated carbocycles. The molecule has 0 atom stereocenters. The topological polar surface area (TPSA) is 69.6 Å². The Morgan fingerprint density at radius 2 is 1.62 bits per heavy atom. The van der Waals surface area contributed by atoms with E-state index < -0.39 is 10.9 Å².